The molecular formula is C18H25FN2O2. The Morgan fingerprint density at radius 3 is 2.22 bits per heavy atom. The van der Waals surface area contributed by atoms with Crippen molar-refractivity contribution in [1.82, 2.24) is 9.80 Å². The molecule has 1 amide bonds. The predicted octanol–water partition coefficient (Wildman–Crippen LogP) is 3.12. The fourth-order valence-corrected chi connectivity index (χ4v) is 3.54. The van der Waals surface area contributed by atoms with Crippen LogP contribution in [0.25, 0.3) is 0 Å². The summed E-state index contributed by atoms with van der Waals surface area (Å²) in [5.74, 6) is 0.839. The number of carbonyl (C=O) groups excluding carboxylic acids is 1. The fourth-order valence-electron chi connectivity index (χ4n) is 3.54. The Bertz CT molecular complexity index is 553. The van der Waals surface area contributed by atoms with Crippen molar-refractivity contribution in [2.24, 2.45) is 11.8 Å². The lowest BCUT2D eigenvalue weighted by atomic mass is 10.0. The fraction of sp³-hybridized carbons (Fsp3) is 0.611. The summed E-state index contributed by atoms with van der Waals surface area (Å²) in [6.07, 6.45) is -0.197. The molecule has 23 heavy (non-hydrogen) atoms. The van der Waals surface area contributed by atoms with Gasteiger partial charge in [-0.25, -0.2) is 9.18 Å². The zero-order chi connectivity index (χ0) is 16.6. The molecule has 2 aliphatic heterocycles. The molecule has 0 aliphatic carbocycles. The number of fused-ring (bicyclic) bond motifs is 1. The first-order valence-electron chi connectivity index (χ1n) is 8.25. The van der Waals surface area contributed by atoms with Crippen LogP contribution in [0.1, 0.15) is 26.3 Å². The highest BCUT2D eigenvalue weighted by Gasteiger charge is 2.42. The summed E-state index contributed by atoms with van der Waals surface area (Å²) in [4.78, 5) is 16.4. The average Bonchev–Trinajstić information content (AvgIpc) is 2.97. The van der Waals surface area contributed by atoms with E-state index in [0.29, 0.717) is 11.8 Å². The van der Waals surface area contributed by atoms with Crippen LogP contribution in [0.5, 0.6) is 0 Å². The molecule has 1 aromatic rings. The van der Waals surface area contributed by atoms with E-state index in [4.69, 9.17) is 4.74 Å². The summed E-state index contributed by atoms with van der Waals surface area (Å²) in [7, 11) is 0. The normalized spacial score (nSPS) is 24.8. The van der Waals surface area contributed by atoms with Crippen LogP contribution in [0.3, 0.4) is 0 Å². The quantitative estimate of drug-likeness (QED) is 0.839. The van der Waals surface area contributed by atoms with Gasteiger partial charge in [-0.3, -0.25) is 4.90 Å². The number of ether oxygens (including phenoxy) is 1. The van der Waals surface area contributed by atoms with Crippen molar-refractivity contribution in [2.75, 3.05) is 26.2 Å². The van der Waals surface area contributed by atoms with Gasteiger partial charge in [0, 0.05) is 32.7 Å². The molecule has 2 fully saturated rings. The zero-order valence-electron chi connectivity index (χ0n) is 14.1. The first kappa shape index (κ1) is 16.2. The highest BCUT2D eigenvalue weighted by molar-refractivity contribution is 5.68. The van der Waals surface area contributed by atoms with Gasteiger partial charge in [0.1, 0.15) is 11.4 Å². The lowest BCUT2D eigenvalue weighted by molar-refractivity contribution is 0.0274. The second kappa shape index (κ2) is 6.11. The molecule has 2 atom stereocenters. The number of hydrogen-bond acceptors (Lipinski definition) is 3. The predicted molar refractivity (Wildman–Crippen MR) is 86.5 cm³/mol. The summed E-state index contributed by atoms with van der Waals surface area (Å²) < 4.78 is 18.4. The second-order valence-electron chi connectivity index (χ2n) is 7.73. The number of carbonyl (C=O) groups is 1. The molecule has 2 saturated heterocycles. The number of nitrogens with zero attached hydrogens (tertiary/aromatic N) is 2. The summed E-state index contributed by atoms with van der Waals surface area (Å²) in [6.45, 7) is 10.1. The molecule has 0 N–H and O–H groups in total. The topological polar surface area (TPSA) is 32.8 Å². The molecule has 2 unspecified atom stereocenters. The van der Waals surface area contributed by atoms with Crippen molar-refractivity contribution in [3.05, 3.63) is 35.6 Å². The molecule has 126 valence electrons. The van der Waals surface area contributed by atoms with Crippen LogP contribution >= 0.6 is 0 Å². The van der Waals surface area contributed by atoms with Crippen LogP contribution < -0.4 is 0 Å². The third kappa shape index (κ3) is 4.02. The minimum atomic E-state index is -0.441. The van der Waals surface area contributed by atoms with Crippen LogP contribution in [-0.4, -0.2) is 47.7 Å². The number of benzene rings is 1. The lowest BCUT2D eigenvalue weighted by Gasteiger charge is -2.26. The van der Waals surface area contributed by atoms with Crippen molar-refractivity contribution in [1.29, 1.82) is 0 Å². The summed E-state index contributed by atoms with van der Waals surface area (Å²) >= 11 is 0. The third-order valence-electron chi connectivity index (χ3n) is 4.53. The van der Waals surface area contributed by atoms with E-state index in [9.17, 15) is 9.18 Å². The molecule has 0 spiro atoms. The van der Waals surface area contributed by atoms with E-state index >= 15 is 0 Å². The number of hydrogen-bond donors (Lipinski definition) is 0. The van der Waals surface area contributed by atoms with Crippen molar-refractivity contribution >= 4 is 6.09 Å². The standard InChI is InChI=1S/C18H25FN2O2/c1-18(2,3)23-17(22)21-11-14-9-20(10-15(14)12-21)8-13-4-6-16(19)7-5-13/h4-7,14-15H,8-12H2,1-3H3. The van der Waals surface area contributed by atoms with Crippen molar-refractivity contribution in [2.45, 2.75) is 32.9 Å². The van der Waals surface area contributed by atoms with Crippen LogP contribution in [-0.2, 0) is 11.3 Å². The maximum absolute atomic E-state index is 13.0. The van der Waals surface area contributed by atoms with E-state index in [-0.39, 0.29) is 11.9 Å². The Kier molecular flexibility index (Phi) is 4.32. The monoisotopic (exact) mass is 320 g/mol. The van der Waals surface area contributed by atoms with Crippen molar-refractivity contribution < 1.29 is 13.9 Å². The molecule has 2 heterocycles. The van der Waals surface area contributed by atoms with E-state index in [1.54, 1.807) is 0 Å². The first-order chi connectivity index (χ1) is 10.8. The molecule has 0 saturated carbocycles. The van der Waals surface area contributed by atoms with E-state index in [2.05, 4.69) is 4.90 Å². The van der Waals surface area contributed by atoms with E-state index < -0.39 is 5.60 Å². The molecular weight excluding hydrogens is 295 g/mol. The molecule has 0 bridgehead atoms. The minimum Gasteiger partial charge on any atom is -0.444 e. The number of halogens is 1. The molecule has 5 heteroatoms. The van der Waals surface area contributed by atoms with E-state index in [1.807, 2.05) is 37.8 Å². The number of amides is 1. The Morgan fingerprint density at radius 1 is 1.13 bits per heavy atom. The Morgan fingerprint density at radius 2 is 1.70 bits per heavy atom. The maximum Gasteiger partial charge on any atom is 0.410 e. The Labute approximate surface area is 137 Å². The van der Waals surface area contributed by atoms with Gasteiger partial charge < -0.3 is 9.64 Å². The molecule has 1 aromatic carbocycles. The van der Waals surface area contributed by atoms with Crippen molar-refractivity contribution in [3.63, 3.8) is 0 Å². The smallest absolute Gasteiger partial charge is 0.410 e. The number of rotatable bonds is 2. The second-order valence-corrected chi connectivity index (χ2v) is 7.73. The van der Waals surface area contributed by atoms with Crippen LogP contribution in [0.15, 0.2) is 24.3 Å². The van der Waals surface area contributed by atoms with Crippen LogP contribution in [0.4, 0.5) is 9.18 Å². The highest BCUT2D eigenvalue weighted by Crippen LogP contribution is 2.32. The van der Waals surface area contributed by atoms with Gasteiger partial charge in [0.05, 0.1) is 0 Å². The Balaban J connectivity index is 1.51. The summed E-state index contributed by atoms with van der Waals surface area (Å²) in [6, 6.07) is 6.71. The van der Waals surface area contributed by atoms with Gasteiger partial charge in [-0.15, -0.1) is 0 Å². The van der Waals surface area contributed by atoms with Crippen LogP contribution in [0, 0.1) is 17.7 Å². The van der Waals surface area contributed by atoms with Gasteiger partial charge >= 0.3 is 6.09 Å². The highest BCUT2D eigenvalue weighted by atomic mass is 19.1. The van der Waals surface area contributed by atoms with Gasteiger partial charge in [-0.05, 0) is 50.3 Å². The average molecular weight is 320 g/mol. The SMILES string of the molecule is CC(C)(C)OC(=O)N1CC2CN(Cc3ccc(F)cc3)CC2C1. The van der Waals surface area contributed by atoms with Crippen LogP contribution in [0.2, 0.25) is 0 Å². The van der Waals surface area contributed by atoms with Gasteiger partial charge in [0.15, 0.2) is 0 Å². The lowest BCUT2D eigenvalue weighted by Crippen LogP contribution is -2.37. The van der Waals surface area contributed by atoms with Gasteiger partial charge in [-0.2, -0.15) is 0 Å². The van der Waals surface area contributed by atoms with E-state index in [1.165, 1.54) is 12.1 Å². The summed E-state index contributed by atoms with van der Waals surface area (Å²) in [5.41, 5.74) is 0.694. The van der Waals surface area contributed by atoms with Crippen molar-refractivity contribution in [3.8, 4) is 0 Å². The molecule has 0 aromatic heterocycles. The maximum atomic E-state index is 13.0. The Hall–Kier alpha value is -1.62. The third-order valence-corrected chi connectivity index (χ3v) is 4.53. The molecule has 3 rings (SSSR count). The first-order valence-corrected chi connectivity index (χ1v) is 8.25. The van der Waals surface area contributed by atoms with Gasteiger partial charge in [0.25, 0.3) is 0 Å². The molecule has 2 aliphatic rings. The zero-order valence-corrected chi connectivity index (χ0v) is 14.1. The molecule has 4 nitrogen and oxygen atoms in total. The van der Waals surface area contributed by atoms with E-state index in [0.717, 1.165) is 38.3 Å². The van der Waals surface area contributed by atoms with Gasteiger partial charge in [-0.1, -0.05) is 12.1 Å². The number of likely N-dealkylation sites (tertiary alicyclic amines) is 2. The largest absolute Gasteiger partial charge is 0.444 e. The minimum absolute atomic E-state index is 0.194. The molecule has 0 radical (unpaired) electrons. The summed E-state index contributed by atoms with van der Waals surface area (Å²) in [5, 5.41) is 0. The van der Waals surface area contributed by atoms with Gasteiger partial charge in [0.2, 0.25) is 0 Å².